The molecule has 0 aliphatic heterocycles. The van der Waals surface area contributed by atoms with Gasteiger partial charge >= 0.3 is 0 Å². The number of allylic oxidation sites excluding steroid dienone is 5. The first kappa shape index (κ1) is 30.1. The SMILES string of the molecule is C=C1/C=C\C=C/C/C(c2ccc(-c3cccc4c3sc3ccccc34)cc2)=c2/cccc/c2=C/1c1cccc(-c2cccc3ccccc23)c1. The van der Waals surface area contributed by atoms with E-state index in [-0.39, 0.29) is 0 Å². The Morgan fingerprint density at radius 3 is 2.04 bits per heavy atom. The van der Waals surface area contributed by atoms with Gasteiger partial charge in [0.2, 0.25) is 0 Å². The highest BCUT2D eigenvalue weighted by Gasteiger charge is 2.14. The van der Waals surface area contributed by atoms with Gasteiger partial charge in [-0.05, 0) is 89.9 Å². The molecule has 0 saturated heterocycles. The van der Waals surface area contributed by atoms with Crippen LogP contribution in [0.25, 0.3) is 64.3 Å². The molecule has 0 bridgehead atoms. The highest BCUT2D eigenvalue weighted by Crippen LogP contribution is 2.40. The van der Waals surface area contributed by atoms with Gasteiger partial charge in [-0.2, -0.15) is 0 Å². The number of rotatable bonds is 4. The molecule has 50 heavy (non-hydrogen) atoms. The molecule has 0 radical (unpaired) electrons. The second-order valence-electron chi connectivity index (χ2n) is 12.9. The van der Waals surface area contributed by atoms with Crippen LogP contribution in [-0.2, 0) is 0 Å². The van der Waals surface area contributed by atoms with E-state index in [1.54, 1.807) is 0 Å². The Balaban J connectivity index is 1.22. The average Bonchev–Trinajstić information content (AvgIpc) is 3.56. The van der Waals surface area contributed by atoms with E-state index >= 15 is 0 Å². The molecule has 0 saturated carbocycles. The number of hydrogen-bond acceptors (Lipinski definition) is 1. The minimum Gasteiger partial charge on any atom is -0.135 e. The van der Waals surface area contributed by atoms with Crippen molar-refractivity contribution in [2.24, 2.45) is 0 Å². The smallest absolute Gasteiger partial charge is 0.0433 e. The first-order chi connectivity index (χ1) is 24.7. The molecule has 1 aliphatic rings. The first-order valence-corrected chi connectivity index (χ1v) is 18.0. The first-order valence-electron chi connectivity index (χ1n) is 17.2. The zero-order valence-electron chi connectivity index (χ0n) is 27.6. The maximum atomic E-state index is 4.61. The summed E-state index contributed by atoms with van der Waals surface area (Å²) >= 11 is 1.88. The lowest BCUT2D eigenvalue weighted by Gasteiger charge is -2.15. The Kier molecular flexibility index (Phi) is 7.69. The summed E-state index contributed by atoms with van der Waals surface area (Å²) in [5.41, 5.74) is 10.8. The molecule has 9 rings (SSSR count). The second-order valence-corrected chi connectivity index (χ2v) is 13.9. The number of benzene rings is 7. The molecule has 236 valence electrons. The minimum absolute atomic E-state index is 0.822. The molecule has 8 aromatic rings. The fourth-order valence-electron chi connectivity index (χ4n) is 7.53. The monoisotopic (exact) mass is 654 g/mol. The lowest BCUT2D eigenvalue weighted by atomic mass is 9.89. The maximum absolute atomic E-state index is 4.61. The van der Waals surface area contributed by atoms with Gasteiger partial charge in [-0.3, -0.25) is 0 Å². The Hall–Kier alpha value is -6.02. The van der Waals surface area contributed by atoms with Crippen LogP contribution >= 0.6 is 11.3 Å². The van der Waals surface area contributed by atoms with Crippen LogP contribution in [0.1, 0.15) is 17.5 Å². The van der Waals surface area contributed by atoms with Crippen molar-refractivity contribution in [3.8, 4) is 22.3 Å². The van der Waals surface area contributed by atoms with Crippen molar-refractivity contribution in [1.29, 1.82) is 0 Å². The van der Waals surface area contributed by atoms with Gasteiger partial charge in [-0.1, -0.05) is 176 Å². The van der Waals surface area contributed by atoms with Gasteiger partial charge in [-0.25, -0.2) is 0 Å². The molecule has 0 fully saturated rings. The van der Waals surface area contributed by atoms with Crippen LogP contribution < -0.4 is 10.4 Å². The van der Waals surface area contributed by atoms with Crippen LogP contribution in [0.2, 0.25) is 0 Å². The van der Waals surface area contributed by atoms with Crippen LogP contribution in [0.15, 0.2) is 194 Å². The zero-order chi connectivity index (χ0) is 33.4. The average molecular weight is 655 g/mol. The molecular weight excluding hydrogens is 621 g/mol. The van der Waals surface area contributed by atoms with E-state index in [2.05, 4.69) is 189 Å². The molecule has 0 unspecified atom stereocenters. The van der Waals surface area contributed by atoms with Crippen LogP contribution in [0.3, 0.4) is 0 Å². The summed E-state index contributed by atoms with van der Waals surface area (Å²) < 4.78 is 2.67. The Morgan fingerprint density at radius 2 is 1.14 bits per heavy atom. The van der Waals surface area contributed by atoms with Crippen LogP contribution in [0.5, 0.6) is 0 Å². The summed E-state index contributed by atoms with van der Waals surface area (Å²) in [6.45, 7) is 4.61. The van der Waals surface area contributed by atoms with Gasteiger partial charge in [0.1, 0.15) is 0 Å². The van der Waals surface area contributed by atoms with Crippen molar-refractivity contribution in [2.45, 2.75) is 6.42 Å². The third kappa shape index (κ3) is 5.33. The summed E-state index contributed by atoms with van der Waals surface area (Å²) in [7, 11) is 0. The third-order valence-electron chi connectivity index (χ3n) is 9.91. The number of hydrogen-bond donors (Lipinski definition) is 0. The van der Waals surface area contributed by atoms with Gasteiger partial charge in [0.25, 0.3) is 0 Å². The maximum Gasteiger partial charge on any atom is 0.0433 e. The molecule has 0 N–H and O–H groups in total. The molecule has 0 amide bonds. The van der Waals surface area contributed by atoms with Crippen molar-refractivity contribution in [3.05, 3.63) is 216 Å². The van der Waals surface area contributed by atoms with Crippen LogP contribution in [-0.4, -0.2) is 0 Å². The predicted molar refractivity (Wildman–Crippen MR) is 217 cm³/mol. The fourth-order valence-corrected chi connectivity index (χ4v) is 8.76. The fraction of sp³-hybridized carbons (Fsp3) is 0.0204. The van der Waals surface area contributed by atoms with E-state index in [0.717, 1.165) is 23.1 Å². The summed E-state index contributed by atoms with van der Waals surface area (Å²) in [6, 6.07) is 57.6. The summed E-state index contributed by atoms with van der Waals surface area (Å²) in [4.78, 5) is 0. The second kappa shape index (κ2) is 12.8. The van der Waals surface area contributed by atoms with Gasteiger partial charge in [0.05, 0.1) is 0 Å². The molecule has 7 aromatic carbocycles. The van der Waals surface area contributed by atoms with Gasteiger partial charge in [0, 0.05) is 20.2 Å². The topological polar surface area (TPSA) is 0 Å². The lowest BCUT2D eigenvalue weighted by Crippen LogP contribution is -2.30. The molecule has 1 aliphatic carbocycles. The van der Waals surface area contributed by atoms with Crippen molar-refractivity contribution < 1.29 is 0 Å². The standard InChI is InChI=1S/C49H34S/c1-33-14-3-2-4-19-40(35-28-30-36(31-29-35)42-25-13-26-46-44-22-9-10-27-47(44)50-49(42)46)43-21-7-8-23-45(43)48(33)38-18-11-17-37(32-38)41-24-12-16-34-15-5-6-20-39(34)41/h2-18,20-32H,1,19H2/b4-2-,14-3-,43-40+,48-45+. The summed E-state index contributed by atoms with van der Waals surface area (Å²) in [5.74, 6) is 0. The van der Waals surface area contributed by atoms with E-state index in [4.69, 9.17) is 0 Å². The van der Waals surface area contributed by atoms with E-state index in [9.17, 15) is 0 Å². The third-order valence-corrected chi connectivity index (χ3v) is 11.1. The Labute approximate surface area is 296 Å². The van der Waals surface area contributed by atoms with Crippen molar-refractivity contribution in [3.63, 3.8) is 0 Å². The zero-order valence-corrected chi connectivity index (χ0v) is 28.5. The molecule has 0 atom stereocenters. The molecule has 1 heterocycles. The van der Waals surface area contributed by atoms with E-state index in [1.807, 2.05) is 11.3 Å². The predicted octanol–water partition coefficient (Wildman–Crippen LogP) is 12.0. The van der Waals surface area contributed by atoms with E-state index in [1.165, 1.54) is 74.8 Å². The van der Waals surface area contributed by atoms with Crippen LogP contribution in [0.4, 0.5) is 0 Å². The lowest BCUT2D eigenvalue weighted by molar-refractivity contribution is 1.32. The van der Waals surface area contributed by atoms with Crippen molar-refractivity contribution in [1.82, 2.24) is 0 Å². The largest absolute Gasteiger partial charge is 0.135 e. The van der Waals surface area contributed by atoms with Crippen molar-refractivity contribution in [2.75, 3.05) is 0 Å². The van der Waals surface area contributed by atoms with Crippen LogP contribution in [0, 0.1) is 0 Å². The molecule has 0 nitrogen and oxygen atoms in total. The minimum atomic E-state index is 0.822. The molecule has 0 spiro atoms. The molecule has 1 heteroatoms. The number of thiophene rings is 1. The Bertz CT molecular complexity index is 2780. The van der Waals surface area contributed by atoms with E-state index < -0.39 is 0 Å². The molecule has 1 aromatic heterocycles. The number of fused-ring (bicyclic) bond motifs is 5. The summed E-state index contributed by atoms with van der Waals surface area (Å²) in [5, 5.41) is 7.60. The van der Waals surface area contributed by atoms with Gasteiger partial charge < -0.3 is 0 Å². The highest BCUT2D eigenvalue weighted by atomic mass is 32.1. The highest BCUT2D eigenvalue weighted by molar-refractivity contribution is 7.26. The summed E-state index contributed by atoms with van der Waals surface area (Å²) in [6.07, 6.45) is 9.49. The van der Waals surface area contributed by atoms with Crippen molar-refractivity contribution >= 4 is 53.4 Å². The van der Waals surface area contributed by atoms with Gasteiger partial charge in [0.15, 0.2) is 0 Å². The Morgan fingerprint density at radius 1 is 0.480 bits per heavy atom. The quantitative estimate of drug-likeness (QED) is 0.177. The van der Waals surface area contributed by atoms with E-state index in [0.29, 0.717) is 0 Å². The van der Waals surface area contributed by atoms with Gasteiger partial charge in [-0.15, -0.1) is 11.3 Å². The molecular formula is C49H34S. The normalized spacial score (nSPS) is 16.8.